The first-order chi connectivity index (χ1) is 9.66. The van der Waals surface area contributed by atoms with Gasteiger partial charge in [0.2, 0.25) is 5.91 Å². The molecule has 0 aromatic carbocycles. The number of carbonyl (C=O) groups excluding carboxylic acids is 1. The molecular formula is C14H20N2O3S. The lowest BCUT2D eigenvalue weighted by molar-refractivity contribution is -0.145. The number of rotatable bonds is 6. The molecule has 2 rings (SSSR count). The lowest BCUT2D eigenvalue weighted by Gasteiger charge is -2.32. The molecule has 110 valence electrons. The van der Waals surface area contributed by atoms with E-state index in [1.807, 2.05) is 22.4 Å². The first-order valence-electron chi connectivity index (χ1n) is 6.93. The summed E-state index contributed by atoms with van der Waals surface area (Å²) >= 11 is 1.61. The van der Waals surface area contributed by atoms with E-state index in [-0.39, 0.29) is 5.91 Å². The normalized spacial score (nSPS) is 19.7. The van der Waals surface area contributed by atoms with Crippen molar-refractivity contribution < 1.29 is 14.7 Å². The number of carbonyl (C=O) groups is 2. The summed E-state index contributed by atoms with van der Waals surface area (Å²) < 4.78 is 0. The van der Waals surface area contributed by atoms with E-state index in [2.05, 4.69) is 5.32 Å². The zero-order chi connectivity index (χ0) is 14.4. The third kappa shape index (κ3) is 4.31. The maximum Gasteiger partial charge on any atom is 0.320 e. The Morgan fingerprint density at radius 3 is 3.00 bits per heavy atom. The molecule has 0 spiro atoms. The fourth-order valence-corrected chi connectivity index (χ4v) is 3.12. The Morgan fingerprint density at radius 1 is 1.45 bits per heavy atom. The molecular weight excluding hydrogens is 276 g/mol. The van der Waals surface area contributed by atoms with Crippen molar-refractivity contribution in [3.05, 3.63) is 22.4 Å². The SMILES string of the molecule is O=C(CCN1CCCCC1C(=O)O)NCc1cccs1. The van der Waals surface area contributed by atoms with Gasteiger partial charge in [-0.1, -0.05) is 12.5 Å². The topological polar surface area (TPSA) is 69.6 Å². The summed E-state index contributed by atoms with van der Waals surface area (Å²) in [6.07, 6.45) is 3.01. The predicted octanol–water partition coefficient (Wildman–Crippen LogP) is 1.69. The Hall–Kier alpha value is -1.40. The van der Waals surface area contributed by atoms with Gasteiger partial charge in [0.1, 0.15) is 6.04 Å². The number of aliphatic carboxylic acids is 1. The van der Waals surface area contributed by atoms with Gasteiger partial charge in [-0.25, -0.2) is 0 Å². The van der Waals surface area contributed by atoms with E-state index in [4.69, 9.17) is 5.11 Å². The molecule has 2 N–H and O–H groups in total. The van der Waals surface area contributed by atoms with Crippen molar-refractivity contribution in [2.24, 2.45) is 0 Å². The van der Waals surface area contributed by atoms with Crippen molar-refractivity contribution in [1.82, 2.24) is 10.2 Å². The fourth-order valence-electron chi connectivity index (χ4n) is 2.47. The quantitative estimate of drug-likeness (QED) is 0.838. The molecule has 1 aliphatic heterocycles. The lowest BCUT2D eigenvalue weighted by atomic mass is 10.0. The number of nitrogens with zero attached hydrogens (tertiary/aromatic N) is 1. The van der Waals surface area contributed by atoms with Gasteiger partial charge in [0.25, 0.3) is 0 Å². The van der Waals surface area contributed by atoms with Crippen molar-refractivity contribution in [2.45, 2.75) is 38.3 Å². The Morgan fingerprint density at radius 2 is 2.30 bits per heavy atom. The highest BCUT2D eigenvalue weighted by atomic mass is 32.1. The van der Waals surface area contributed by atoms with Crippen LogP contribution in [0.2, 0.25) is 0 Å². The number of hydrogen-bond acceptors (Lipinski definition) is 4. The second-order valence-corrected chi connectivity index (χ2v) is 6.02. The van der Waals surface area contributed by atoms with Crippen LogP contribution in [0.15, 0.2) is 17.5 Å². The van der Waals surface area contributed by atoms with Crippen molar-refractivity contribution in [3.8, 4) is 0 Å². The molecule has 1 aromatic rings. The number of hydrogen-bond donors (Lipinski definition) is 2. The largest absolute Gasteiger partial charge is 0.480 e. The predicted molar refractivity (Wildman–Crippen MR) is 77.6 cm³/mol. The minimum Gasteiger partial charge on any atom is -0.480 e. The van der Waals surface area contributed by atoms with Crippen LogP contribution in [0, 0.1) is 0 Å². The van der Waals surface area contributed by atoms with Crippen molar-refractivity contribution >= 4 is 23.2 Å². The second-order valence-electron chi connectivity index (χ2n) is 4.99. The Kier molecular flexibility index (Phi) is 5.55. The maximum atomic E-state index is 11.8. The van der Waals surface area contributed by atoms with Crippen LogP contribution in [0.5, 0.6) is 0 Å². The molecule has 1 aliphatic rings. The molecule has 5 nitrogen and oxygen atoms in total. The van der Waals surface area contributed by atoms with Crippen molar-refractivity contribution in [3.63, 3.8) is 0 Å². The van der Waals surface area contributed by atoms with Crippen LogP contribution in [0.1, 0.15) is 30.6 Å². The summed E-state index contributed by atoms with van der Waals surface area (Å²) in [6, 6.07) is 3.52. The van der Waals surface area contributed by atoms with Gasteiger partial charge in [0, 0.05) is 17.8 Å². The number of amides is 1. The average Bonchev–Trinajstić information content (AvgIpc) is 2.96. The van der Waals surface area contributed by atoms with Crippen LogP contribution in [0.4, 0.5) is 0 Å². The summed E-state index contributed by atoms with van der Waals surface area (Å²) in [7, 11) is 0. The second kappa shape index (κ2) is 7.40. The number of nitrogens with one attached hydrogen (secondary N) is 1. The van der Waals surface area contributed by atoms with Gasteiger partial charge in [0.05, 0.1) is 6.54 Å². The van der Waals surface area contributed by atoms with Crippen LogP contribution in [-0.2, 0) is 16.1 Å². The lowest BCUT2D eigenvalue weighted by Crippen LogP contribution is -2.45. The molecule has 1 unspecified atom stereocenters. The molecule has 20 heavy (non-hydrogen) atoms. The first kappa shape index (κ1) is 15.0. The van der Waals surface area contributed by atoms with Crippen molar-refractivity contribution in [1.29, 1.82) is 0 Å². The van der Waals surface area contributed by atoms with Gasteiger partial charge in [0.15, 0.2) is 0 Å². The highest BCUT2D eigenvalue weighted by molar-refractivity contribution is 7.09. The maximum absolute atomic E-state index is 11.8. The number of carboxylic acids is 1. The third-order valence-electron chi connectivity index (χ3n) is 3.56. The smallest absolute Gasteiger partial charge is 0.320 e. The van der Waals surface area contributed by atoms with E-state index in [0.29, 0.717) is 25.9 Å². The summed E-state index contributed by atoms with van der Waals surface area (Å²) in [5.41, 5.74) is 0. The molecule has 0 aliphatic carbocycles. The Balaban J connectivity index is 1.72. The first-order valence-corrected chi connectivity index (χ1v) is 7.80. The summed E-state index contributed by atoms with van der Waals surface area (Å²) in [5.74, 6) is -0.795. The number of carboxylic acid groups (broad SMARTS) is 1. The van der Waals surface area contributed by atoms with Gasteiger partial charge in [-0.2, -0.15) is 0 Å². The minimum atomic E-state index is -0.774. The van der Waals surface area contributed by atoms with Crippen LogP contribution in [0.25, 0.3) is 0 Å². The number of likely N-dealkylation sites (tertiary alicyclic amines) is 1. The van der Waals surface area contributed by atoms with Crippen LogP contribution < -0.4 is 5.32 Å². The monoisotopic (exact) mass is 296 g/mol. The Bertz CT molecular complexity index is 447. The minimum absolute atomic E-state index is 0.0203. The van der Waals surface area contributed by atoms with Crippen LogP contribution in [0.3, 0.4) is 0 Å². The molecule has 6 heteroatoms. The summed E-state index contributed by atoms with van der Waals surface area (Å²) in [4.78, 5) is 26.0. The standard InChI is InChI=1S/C14H20N2O3S/c17-13(15-10-11-4-3-9-20-11)6-8-16-7-2-1-5-12(16)14(18)19/h3-4,9,12H,1-2,5-8,10H2,(H,15,17)(H,18,19). The zero-order valence-corrected chi connectivity index (χ0v) is 12.2. The third-order valence-corrected chi connectivity index (χ3v) is 4.44. The average molecular weight is 296 g/mol. The van der Waals surface area contributed by atoms with Gasteiger partial charge >= 0.3 is 5.97 Å². The molecule has 0 bridgehead atoms. The van der Waals surface area contributed by atoms with Gasteiger partial charge in [-0.15, -0.1) is 11.3 Å². The van der Waals surface area contributed by atoms with E-state index >= 15 is 0 Å². The highest BCUT2D eigenvalue weighted by Crippen LogP contribution is 2.17. The molecule has 1 atom stereocenters. The number of piperidine rings is 1. The van der Waals surface area contributed by atoms with Gasteiger partial charge in [-0.3, -0.25) is 14.5 Å². The van der Waals surface area contributed by atoms with E-state index in [0.717, 1.165) is 24.3 Å². The van der Waals surface area contributed by atoms with Crippen LogP contribution in [-0.4, -0.2) is 41.0 Å². The van der Waals surface area contributed by atoms with E-state index in [1.54, 1.807) is 11.3 Å². The molecule has 1 saturated heterocycles. The molecule has 0 radical (unpaired) electrons. The van der Waals surface area contributed by atoms with E-state index in [9.17, 15) is 9.59 Å². The molecule has 1 amide bonds. The van der Waals surface area contributed by atoms with Crippen LogP contribution >= 0.6 is 11.3 Å². The summed E-state index contributed by atoms with van der Waals surface area (Å²) in [5, 5.41) is 14.0. The van der Waals surface area contributed by atoms with Gasteiger partial charge in [-0.05, 0) is 30.8 Å². The molecule has 2 heterocycles. The highest BCUT2D eigenvalue weighted by Gasteiger charge is 2.28. The molecule has 1 aromatic heterocycles. The van der Waals surface area contributed by atoms with E-state index < -0.39 is 12.0 Å². The number of thiophene rings is 1. The molecule has 1 fully saturated rings. The van der Waals surface area contributed by atoms with Crippen molar-refractivity contribution in [2.75, 3.05) is 13.1 Å². The fraction of sp³-hybridized carbons (Fsp3) is 0.571. The van der Waals surface area contributed by atoms with E-state index in [1.165, 1.54) is 0 Å². The summed E-state index contributed by atoms with van der Waals surface area (Å²) in [6.45, 7) is 1.85. The zero-order valence-electron chi connectivity index (χ0n) is 11.4. The Labute approximate surface area is 122 Å². The van der Waals surface area contributed by atoms with Gasteiger partial charge < -0.3 is 10.4 Å². The molecule has 0 saturated carbocycles.